The Hall–Kier alpha value is -3.11. The number of rotatable bonds is 19. The Balaban J connectivity index is 5.40. The van der Waals surface area contributed by atoms with E-state index in [1.54, 1.807) is 0 Å². The van der Waals surface area contributed by atoms with Gasteiger partial charge in [-0.15, -0.1) is 0 Å². The van der Waals surface area contributed by atoms with Crippen LogP contribution in [0.5, 0.6) is 0 Å². The van der Waals surface area contributed by atoms with Crippen LogP contribution >= 0.6 is 12.6 Å². The number of hydrogen-bond donors (Lipinski definition) is 10. The number of nitrogens with one attached hydrogen (secondary N) is 3. The Morgan fingerprint density at radius 3 is 1.86 bits per heavy atom. The molecular weight excluding hydrogens is 494 g/mol. The molecule has 0 rings (SSSR count). The lowest BCUT2D eigenvalue weighted by molar-refractivity contribution is -0.141. The summed E-state index contributed by atoms with van der Waals surface area (Å²) in [6.07, 6.45) is 1.53. The van der Waals surface area contributed by atoms with Gasteiger partial charge in [0.25, 0.3) is 0 Å². The van der Waals surface area contributed by atoms with Gasteiger partial charge in [-0.25, -0.2) is 4.79 Å². The van der Waals surface area contributed by atoms with Gasteiger partial charge in [-0.05, 0) is 45.1 Å². The molecule has 4 atom stereocenters. The zero-order valence-corrected chi connectivity index (χ0v) is 21.0. The van der Waals surface area contributed by atoms with Crippen LogP contribution in [0.15, 0.2) is 4.99 Å². The third-order valence-corrected chi connectivity index (χ3v) is 5.36. The van der Waals surface area contributed by atoms with Gasteiger partial charge in [0, 0.05) is 18.7 Å². The van der Waals surface area contributed by atoms with Gasteiger partial charge in [-0.1, -0.05) is 0 Å². The van der Waals surface area contributed by atoms with E-state index in [0.29, 0.717) is 25.8 Å². The molecule has 0 aromatic carbocycles. The quantitative estimate of drug-likeness (QED) is 0.0334. The average Bonchev–Trinajstić information content (AvgIpc) is 2.81. The molecule has 4 amide bonds. The third kappa shape index (κ3) is 14.3. The lowest BCUT2D eigenvalue weighted by Crippen LogP contribution is -2.57. The van der Waals surface area contributed by atoms with E-state index in [4.69, 9.17) is 33.8 Å². The van der Waals surface area contributed by atoms with Crippen LogP contribution in [0, 0.1) is 0 Å². The lowest BCUT2D eigenvalue weighted by Gasteiger charge is -2.25. The second-order valence-electron chi connectivity index (χ2n) is 8.05. The number of hydrogen-bond acceptors (Lipinski definition) is 9. The first-order valence-corrected chi connectivity index (χ1v) is 12.1. The van der Waals surface area contributed by atoms with Crippen LogP contribution in [0.25, 0.3) is 0 Å². The predicted molar refractivity (Wildman–Crippen MR) is 137 cm³/mol. The molecule has 36 heavy (non-hydrogen) atoms. The first-order chi connectivity index (χ1) is 16.9. The van der Waals surface area contributed by atoms with Gasteiger partial charge in [0.15, 0.2) is 5.96 Å². The Bertz CT molecular complexity index is 779. The number of thiol groups is 1. The van der Waals surface area contributed by atoms with Crippen molar-refractivity contribution in [1.82, 2.24) is 16.0 Å². The van der Waals surface area contributed by atoms with Crippen LogP contribution in [0.2, 0.25) is 0 Å². The molecule has 0 aliphatic rings. The van der Waals surface area contributed by atoms with Gasteiger partial charge in [0.1, 0.15) is 18.1 Å². The molecular formula is C20H39N9O6S. The van der Waals surface area contributed by atoms with Crippen LogP contribution in [-0.4, -0.2) is 83.7 Å². The Labute approximate surface area is 215 Å². The molecule has 0 aromatic heterocycles. The molecule has 206 valence electrons. The molecule has 0 saturated carbocycles. The molecule has 0 radical (unpaired) electrons. The van der Waals surface area contributed by atoms with Gasteiger partial charge in [-0.3, -0.25) is 24.2 Å². The summed E-state index contributed by atoms with van der Waals surface area (Å²) in [6, 6.07) is -4.60. The Morgan fingerprint density at radius 2 is 1.36 bits per heavy atom. The first kappa shape index (κ1) is 32.9. The first-order valence-electron chi connectivity index (χ1n) is 11.5. The highest BCUT2D eigenvalue weighted by atomic mass is 32.1. The number of aliphatic imine (C=N–C) groups is 1. The normalized spacial score (nSPS) is 14.0. The molecule has 4 unspecified atom stereocenters. The van der Waals surface area contributed by atoms with Crippen molar-refractivity contribution in [1.29, 1.82) is 0 Å². The van der Waals surface area contributed by atoms with E-state index in [2.05, 4.69) is 33.6 Å². The minimum Gasteiger partial charge on any atom is -0.480 e. The fraction of sp³-hybridized carbons (Fsp3) is 0.700. The number of carboxylic acids is 1. The Kier molecular flexibility index (Phi) is 16.6. The van der Waals surface area contributed by atoms with Crippen molar-refractivity contribution in [2.24, 2.45) is 33.7 Å². The van der Waals surface area contributed by atoms with E-state index in [9.17, 15) is 24.0 Å². The van der Waals surface area contributed by atoms with Crippen molar-refractivity contribution < 1.29 is 29.1 Å². The maximum Gasteiger partial charge on any atom is 0.327 e. The van der Waals surface area contributed by atoms with Crippen molar-refractivity contribution >= 4 is 48.2 Å². The highest BCUT2D eigenvalue weighted by Crippen LogP contribution is 2.06. The van der Waals surface area contributed by atoms with Crippen molar-refractivity contribution in [2.45, 2.75) is 69.1 Å². The molecule has 0 saturated heterocycles. The van der Waals surface area contributed by atoms with Crippen molar-refractivity contribution in [2.75, 3.05) is 18.8 Å². The van der Waals surface area contributed by atoms with Gasteiger partial charge in [0.05, 0.1) is 6.04 Å². The molecule has 0 aliphatic heterocycles. The van der Waals surface area contributed by atoms with Crippen molar-refractivity contribution in [3.05, 3.63) is 0 Å². The zero-order valence-electron chi connectivity index (χ0n) is 20.2. The zero-order chi connectivity index (χ0) is 27.7. The molecule has 0 bridgehead atoms. The van der Waals surface area contributed by atoms with Gasteiger partial charge in [0.2, 0.25) is 23.6 Å². The van der Waals surface area contributed by atoms with Crippen molar-refractivity contribution in [3.8, 4) is 0 Å². The second-order valence-corrected chi connectivity index (χ2v) is 8.41. The average molecular weight is 534 g/mol. The second kappa shape index (κ2) is 18.2. The number of carboxylic acid groups (broad SMARTS) is 1. The number of primary amides is 1. The van der Waals surface area contributed by atoms with E-state index < -0.39 is 53.8 Å². The molecule has 15 nitrogen and oxygen atoms in total. The van der Waals surface area contributed by atoms with Crippen LogP contribution in [-0.2, 0) is 24.0 Å². The number of nitrogens with zero attached hydrogens (tertiary/aromatic N) is 1. The highest BCUT2D eigenvalue weighted by Gasteiger charge is 2.30. The smallest absolute Gasteiger partial charge is 0.327 e. The minimum atomic E-state index is -1.32. The molecule has 0 heterocycles. The number of amides is 4. The summed E-state index contributed by atoms with van der Waals surface area (Å²) in [7, 11) is 0. The Morgan fingerprint density at radius 1 is 0.806 bits per heavy atom. The van der Waals surface area contributed by atoms with Crippen LogP contribution in [0.3, 0.4) is 0 Å². The summed E-state index contributed by atoms with van der Waals surface area (Å²) >= 11 is 3.88. The molecule has 16 heteroatoms. The van der Waals surface area contributed by atoms with Crippen LogP contribution < -0.4 is 44.6 Å². The van der Waals surface area contributed by atoms with Crippen molar-refractivity contribution in [3.63, 3.8) is 0 Å². The SMILES string of the molecule is NCCCCC(NC(=O)C(N)CCCN=C(N)N)C(=O)NC(CCC(N)=O)C(=O)NC(CS)C(=O)O. The van der Waals surface area contributed by atoms with Gasteiger partial charge >= 0.3 is 5.97 Å². The van der Waals surface area contributed by atoms with E-state index in [1.807, 2.05) is 0 Å². The fourth-order valence-electron chi connectivity index (χ4n) is 2.98. The van der Waals surface area contributed by atoms with Gasteiger partial charge < -0.3 is 49.7 Å². The summed E-state index contributed by atoms with van der Waals surface area (Å²) in [5.74, 6) is -4.46. The standard InChI is InChI=1S/C20H39N9O6S/c21-8-2-1-5-12(27-16(31)11(22)4-3-9-26-20(24)25)17(32)28-13(6-7-15(23)30)18(33)29-14(10-36)19(34)35/h11-14,36H,1-10,21-22H2,(H2,23,30)(H,27,31)(H,28,32)(H,29,33)(H,34,35)(H4,24,25,26). The van der Waals surface area contributed by atoms with E-state index in [0.717, 1.165) is 0 Å². The molecule has 0 aromatic rings. The number of carbonyl (C=O) groups is 5. The monoisotopic (exact) mass is 533 g/mol. The maximum atomic E-state index is 13.0. The third-order valence-electron chi connectivity index (χ3n) is 4.99. The summed E-state index contributed by atoms with van der Waals surface area (Å²) < 4.78 is 0. The number of aliphatic carboxylic acids is 1. The highest BCUT2D eigenvalue weighted by molar-refractivity contribution is 7.80. The van der Waals surface area contributed by atoms with E-state index >= 15 is 0 Å². The summed E-state index contributed by atoms with van der Waals surface area (Å²) in [6.45, 7) is 0.653. The number of nitrogens with two attached hydrogens (primary N) is 5. The number of carbonyl (C=O) groups excluding carboxylic acids is 4. The van der Waals surface area contributed by atoms with E-state index in [-0.39, 0.29) is 43.9 Å². The van der Waals surface area contributed by atoms with E-state index in [1.165, 1.54) is 0 Å². The summed E-state index contributed by atoms with van der Waals surface area (Å²) in [5, 5.41) is 16.4. The predicted octanol–water partition coefficient (Wildman–Crippen LogP) is -3.77. The molecule has 0 spiro atoms. The number of guanidine groups is 1. The molecule has 0 fully saturated rings. The maximum absolute atomic E-state index is 13.0. The van der Waals surface area contributed by atoms with Crippen LogP contribution in [0.4, 0.5) is 0 Å². The lowest BCUT2D eigenvalue weighted by atomic mass is 10.0. The largest absolute Gasteiger partial charge is 0.480 e. The molecule has 0 aliphatic carbocycles. The number of unbranched alkanes of at least 4 members (excludes halogenated alkanes) is 1. The summed E-state index contributed by atoms with van der Waals surface area (Å²) in [5.41, 5.74) is 27.1. The minimum absolute atomic E-state index is 0.0800. The van der Waals surface area contributed by atoms with Gasteiger partial charge in [-0.2, -0.15) is 12.6 Å². The molecule has 14 N–H and O–H groups in total. The summed E-state index contributed by atoms with van der Waals surface area (Å²) in [4.78, 5) is 64.5. The van der Waals surface area contributed by atoms with Crippen LogP contribution in [0.1, 0.15) is 44.9 Å². The topological polar surface area (TPSA) is 284 Å². The fourth-order valence-corrected chi connectivity index (χ4v) is 3.22.